The molecule has 4 heterocycles. The predicted molar refractivity (Wildman–Crippen MR) is 185 cm³/mol. The van der Waals surface area contributed by atoms with Crippen molar-refractivity contribution in [3.8, 4) is 23.0 Å². The summed E-state index contributed by atoms with van der Waals surface area (Å²) >= 11 is 2.32. The highest BCUT2D eigenvalue weighted by atomic mass is 127. The van der Waals surface area contributed by atoms with Gasteiger partial charge in [0.2, 0.25) is 0 Å². The molecule has 216 valence electrons. The molecular formula is C33H32IN9. The van der Waals surface area contributed by atoms with Gasteiger partial charge in [-0.1, -0.05) is 31.7 Å². The number of hydrogen-bond donors (Lipinski definition) is 1. The molecule has 8 aromatic rings. The molecule has 10 heteroatoms. The summed E-state index contributed by atoms with van der Waals surface area (Å²) in [5.41, 5.74) is 14.8. The molecule has 0 aliphatic rings. The normalized spacial score (nSPS) is 11.3. The summed E-state index contributed by atoms with van der Waals surface area (Å²) < 4.78 is 9.16. The molecule has 0 amide bonds. The zero-order chi connectivity index (χ0) is 29.1. The van der Waals surface area contributed by atoms with E-state index in [4.69, 9.17) is 15.7 Å². The number of fused-ring (bicyclic) bond motifs is 4. The second-order valence-corrected chi connectivity index (χ2v) is 11.6. The molecule has 9 nitrogen and oxygen atoms in total. The first-order valence-corrected chi connectivity index (χ1v) is 14.6. The lowest BCUT2D eigenvalue weighted by Gasteiger charge is -1.99. The van der Waals surface area contributed by atoms with E-state index < -0.39 is 0 Å². The number of imidazole rings is 2. The molecule has 4 aromatic carbocycles. The number of nitrogen functional groups attached to an aromatic ring is 1. The number of aryl methyl sites for hydroxylation is 4. The minimum absolute atomic E-state index is 0. The van der Waals surface area contributed by atoms with Crippen molar-refractivity contribution < 1.29 is 0 Å². The van der Waals surface area contributed by atoms with Crippen LogP contribution in [0.2, 0.25) is 0 Å². The number of anilines is 1. The van der Waals surface area contributed by atoms with Crippen LogP contribution in [-0.4, -0.2) is 38.7 Å². The van der Waals surface area contributed by atoms with E-state index >= 15 is 0 Å². The molecule has 0 atom stereocenters. The van der Waals surface area contributed by atoms with Crippen molar-refractivity contribution in [1.29, 1.82) is 0 Å². The van der Waals surface area contributed by atoms with Crippen molar-refractivity contribution in [2.75, 3.05) is 5.73 Å². The molecule has 8 rings (SSSR count). The van der Waals surface area contributed by atoms with Gasteiger partial charge in [-0.3, -0.25) is 9.36 Å². The summed E-state index contributed by atoms with van der Waals surface area (Å²) in [6.45, 7) is 0. The van der Waals surface area contributed by atoms with Gasteiger partial charge in [0.15, 0.2) is 11.6 Å². The molecule has 0 spiro atoms. The van der Waals surface area contributed by atoms with Crippen LogP contribution in [0.15, 0.2) is 84.9 Å². The Kier molecular flexibility index (Phi) is 7.17. The Balaban J connectivity index is 0.000000150. The zero-order valence-electron chi connectivity index (χ0n) is 23.6. The van der Waals surface area contributed by atoms with Crippen molar-refractivity contribution in [2.24, 2.45) is 28.2 Å². The van der Waals surface area contributed by atoms with Crippen LogP contribution in [0, 0.1) is 3.57 Å². The molecule has 0 fully saturated rings. The molecule has 2 N–H and O–H groups in total. The van der Waals surface area contributed by atoms with Crippen LogP contribution in [-0.2, 0) is 28.2 Å². The van der Waals surface area contributed by atoms with Gasteiger partial charge >= 0.3 is 0 Å². The molecule has 43 heavy (non-hydrogen) atoms. The fraction of sp³-hybridized carbons (Fsp3) is 0.152. The number of nitrogens with two attached hydrogens (primary N) is 1. The first-order chi connectivity index (χ1) is 20.3. The van der Waals surface area contributed by atoms with Gasteiger partial charge in [0.05, 0.1) is 33.1 Å². The number of benzene rings is 4. The van der Waals surface area contributed by atoms with Gasteiger partial charge in [0.25, 0.3) is 0 Å². The summed E-state index contributed by atoms with van der Waals surface area (Å²) in [5.74, 6) is 1.77. The van der Waals surface area contributed by atoms with Gasteiger partial charge in [0, 0.05) is 48.2 Å². The lowest BCUT2D eigenvalue weighted by molar-refractivity contribution is 0.793. The Morgan fingerprint density at radius 3 is 1.56 bits per heavy atom. The molecule has 4 aromatic heterocycles. The third-order valence-corrected chi connectivity index (χ3v) is 8.36. The molecule has 0 saturated heterocycles. The van der Waals surface area contributed by atoms with E-state index in [1.165, 1.54) is 3.57 Å². The number of nitrogens with zero attached hydrogens (tertiary/aromatic N) is 8. The van der Waals surface area contributed by atoms with Crippen LogP contribution in [0.3, 0.4) is 0 Å². The third-order valence-electron chi connectivity index (χ3n) is 7.69. The average Bonchev–Trinajstić information content (AvgIpc) is 3.71. The molecule has 0 bridgehead atoms. The zero-order valence-corrected chi connectivity index (χ0v) is 25.8. The summed E-state index contributed by atoms with van der Waals surface area (Å²) in [4.78, 5) is 9.48. The second kappa shape index (κ2) is 10.8. The van der Waals surface area contributed by atoms with Crippen molar-refractivity contribution >= 4 is 72.2 Å². The van der Waals surface area contributed by atoms with Crippen LogP contribution >= 0.6 is 22.6 Å². The van der Waals surface area contributed by atoms with Crippen LogP contribution < -0.4 is 5.73 Å². The van der Waals surface area contributed by atoms with Gasteiger partial charge < -0.3 is 14.9 Å². The standard InChI is InChI=1S/C16H13IN4.C16H15N5.CH4/c2*1-20-13-6-4-3-5-12(13)18-16(20)15-11-8-7-10(17)9-14(11)21(2)19-15;/h3-9H,1-2H3;3-9H,17H2,1-2H3;1H4. The Morgan fingerprint density at radius 1 is 0.581 bits per heavy atom. The van der Waals surface area contributed by atoms with Gasteiger partial charge in [-0.25, -0.2) is 9.97 Å². The lowest BCUT2D eigenvalue weighted by Crippen LogP contribution is -1.95. The molecule has 0 saturated carbocycles. The predicted octanol–water partition coefficient (Wildman–Crippen LogP) is 7.08. The maximum atomic E-state index is 5.87. The molecule has 0 aliphatic heterocycles. The van der Waals surface area contributed by atoms with Gasteiger partial charge in [-0.05, 0) is 83.3 Å². The monoisotopic (exact) mass is 681 g/mol. The summed E-state index contributed by atoms with van der Waals surface area (Å²) in [6.07, 6.45) is 0. The van der Waals surface area contributed by atoms with Crippen LogP contribution in [0.4, 0.5) is 5.69 Å². The summed E-state index contributed by atoms with van der Waals surface area (Å²) in [6, 6.07) is 28.5. The van der Waals surface area contributed by atoms with E-state index in [1.54, 1.807) is 0 Å². The van der Waals surface area contributed by atoms with E-state index in [9.17, 15) is 0 Å². The number of rotatable bonds is 2. The first kappa shape index (κ1) is 28.4. The van der Waals surface area contributed by atoms with Gasteiger partial charge in [-0.2, -0.15) is 10.2 Å². The minimum atomic E-state index is 0. The topological polar surface area (TPSA) is 97.3 Å². The van der Waals surface area contributed by atoms with Crippen molar-refractivity contribution in [3.63, 3.8) is 0 Å². The van der Waals surface area contributed by atoms with Gasteiger partial charge in [-0.15, -0.1) is 0 Å². The van der Waals surface area contributed by atoms with E-state index in [-0.39, 0.29) is 7.43 Å². The van der Waals surface area contributed by atoms with Crippen molar-refractivity contribution in [2.45, 2.75) is 7.43 Å². The van der Waals surface area contributed by atoms with E-state index in [0.717, 1.165) is 72.6 Å². The Hall–Kier alpha value is -4.71. The lowest BCUT2D eigenvalue weighted by atomic mass is 10.2. The minimum Gasteiger partial charge on any atom is -0.399 e. The Morgan fingerprint density at radius 2 is 1.05 bits per heavy atom. The highest BCUT2D eigenvalue weighted by molar-refractivity contribution is 14.1. The summed E-state index contributed by atoms with van der Waals surface area (Å²) in [5, 5.41) is 11.5. The first-order valence-electron chi connectivity index (χ1n) is 13.5. The number of halogens is 1. The average molecular weight is 682 g/mol. The number of hydrogen-bond acceptors (Lipinski definition) is 5. The molecule has 0 aliphatic carbocycles. The quantitative estimate of drug-likeness (QED) is 0.156. The van der Waals surface area contributed by atoms with Crippen LogP contribution in [0.25, 0.3) is 66.9 Å². The third kappa shape index (κ3) is 4.71. The highest BCUT2D eigenvalue weighted by Crippen LogP contribution is 2.31. The second-order valence-electron chi connectivity index (χ2n) is 10.3. The van der Waals surface area contributed by atoms with E-state index in [1.807, 2.05) is 92.2 Å². The maximum Gasteiger partial charge on any atom is 0.162 e. The highest BCUT2D eigenvalue weighted by Gasteiger charge is 2.18. The van der Waals surface area contributed by atoms with E-state index in [2.05, 4.69) is 72.3 Å². The Labute approximate surface area is 262 Å². The van der Waals surface area contributed by atoms with Crippen molar-refractivity contribution in [1.82, 2.24) is 38.7 Å². The van der Waals surface area contributed by atoms with Gasteiger partial charge in [0.1, 0.15) is 11.4 Å². The fourth-order valence-corrected chi connectivity index (χ4v) is 6.02. The smallest absolute Gasteiger partial charge is 0.162 e. The van der Waals surface area contributed by atoms with Crippen molar-refractivity contribution in [3.05, 3.63) is 88.5 Å². The largest absolute Gasteiger partial charge is 0.399 e. The Bertz CT molecular complexity index is 2120. The number of para-hydroxylation sites is 4. The molecule has 0 unspecified atom stereocenters. The molecular weight excluding hydrogens is 649 g/mol. The fourth-order valence-electron chi connectivity index (χ4n) is 5.55. The summed E-state index contributed by atoms with van der Waals surface area (Å²) in [7, 11) is 7.96. The maximum absolute atomic E-state index is 5.87. The van der Waals surface area contributed by atoms with E-state index in [0.29, 0.717) is 0 Å². The number of aromatic nitrogens is 8. The SMILES string of the molecule is C.Cn1nc(-c2nc3ccccc3n2C)c2ccc(I)cc21.Cn1nc(-c2nc3ccccc3n2C)c2ccc(N)cc21. The van der Waals surface area contributed by atoms with Crippen LogP contribution in [0.1, 0.15) is 7.43 Å². The molecule has 0 radical (unpaired) electrons. The van der Waals surface area contributed by atoms with Crippen LogP contribution in [0.5, 0.6) is 0 Å².